The van der Waals surface area contributed by atoms with E-state index in [9.17, 15) is 14.0 Å². The summed E-state index contributed by atoms with van der Waals surface area (Å²) in [7, 11) is 0. The van der Waals surface area contributed by atoms with E-state index in [1.807, 2.05) is 0 Å². The fourth-order valence-electron chi connectivity index (χ4n) is 1.33. The number of rotatable bonds is 4. The van der Waals surface area contributed by atoms with Crippen LogP contribution in [-0.4, -0.2) is 24.5 Å². The number of urea groups is 1. The van der Waals surface area contributed by atoms with Gasteiger partial charge in [-0.3, -0.25) is 10.1 Å². The van der Waals surface area contributed by atoms with Crippen molar-refractivity contribution in [2.24, 2.45) is 0 Å². The van der Waals surface area contributed by atoms with E-state index in [0.717, 1.165) is 0 Å². The topological polar surface area (TPSA) is 70.2 Å². The number of hydrogen-bond donors (Lipinski definition) is 3. The lowest BCUT2D eigenvalue weighted by Crippen LogP contribution is -2.45. The SMILES string of the molecule is CCNC(=O)NC(=O)C(C)Nc1ccc(F)c(Cl)c1. The summed E-state index contributed by atoms with van der Waals surface area (Å²) in [5.41, 5.74) is 0.491. The van der Waals surface area contributed by atoms with E-state index < -0.39 is 23.8 Å². The second kappa shape index (κ2) is 6.94. The van der Waals surface area contributed by atoms with E-state index in [4.69, 9.17) is 11.6 Å². The molecular formula is C12H15ClFN3O2. The van der Waals surface area contributed by atoms with Crippen molar-refractivity contribution in [2.75, 3.05) is 11.9 Å². The summed E-state index contributed by atoms with van der Waals surface area (Å²) >= 11 is 5.62. The van der Waals surface area contributed by atoms with E-state index in [0.29, 0.717) is 12.2 Å². The number of anilines is 1. The Kier molecular flexibility index (Phi) is 5.57. The molecule has 3 amide bonds. The van der Waals surface area contributed by atoms with Crippen LogP contribution in [0.25, 0.3) is 0 Å². The van der Waals surface area contributed by atoms with Crippen LogP contribution in [0.3, 0.4) is 0 Å². The zero-order valence-corrected chi connectivity index (χ0v) is 11.3. The van der Waals surface area contributed by atoms with Crippen LogP contribution in [0.2, 0.25) is 5.02 Å². The van der Waals surface area contributed by atoms with Gasteiger partial charge in [-0.05, 0) is 32.0 Å². The first-order valence-electron chi connectivity index (χ1n) is 5.74. The molecule has 5 nitrogen and oxygen atoms in total. The number of imide groups is 1. The van der Waals surface area contributed by atoms with Crippen LogP contribution in [0, 0.1) is 5.82 Å². The summed E-state index contributed by atoms with van der Waals surface area (Å²) in [4.78, 5) is 22.8. The maximum atomic E-state index is 13.0. The minimum absolute atomic E-state index is 0.0404. The summed E-state index contributed by atoms with van der Waals surface area (Å²) in [6.45, 7) is 3.74. The molecule has 1 unspecified atom stereocenters. The second-order valence-electron chi connectivity index (χ2n) is 3.84. The number of carbonyl (C=O) groups excluding carboxylic acids is 2. The second-order valence-corrected chi connectivity index (χ2v) is 4.25. The van der Waals surface area contributed by atoms with Crippen molar-refractivity contribution in [3.8, 4) is 0 Å². The Morgan fingerprint density at radius 2 is 2.11 bits per heavy atom. The molecule has 0 spiro atoms. The third kappa shape index (κ3) is 4.75. The average Bonchev–Trinajstić information content (AvgIpc) is 2.34. The Balaban J connectivity index is 2.58. The third-order valence-corrected chi connectivity index (χ3v) is 2.56. The van der Waals surface area contributed by atoms with E-state index in [1.54, 1.807) is 13.8 Å². The lowest BCUT2D eigenvalue weighted by molar-refractivity contribution is -0.120. The number of nitrogens with one attached hydrogen (secondary N) is 3. The minimum atomic E-state index is -0.663. The predicted molar refractivity (Wildman–Crippen MR) is 71.7 cm³/mol. The minimum Gasteiger partial charge on any atom is -0.374 e. The predicted octanol–water partition coefficient (Wildman–Crippen LogP) is 2.13. The molecule has 0 saturated heterocycles. The summed E-state index contributed by atoms with van der Waals surface area (Å²) in [6.07, 6.45) is 0. The van der Waals surface area contributed by atoms with Crippen LogP contribution < -0.4 is 16.0 Å². The number of carbonyl (C=O) groups is 2. The van der Waals surface area contributed by atoms with Crippen molar-refractivity contribution in [3.63, 3.8) is 0 Å². The van der Waals surface area contributed by atoms with Gasteiger partial charge in [0.1, 0.15) is 11.9 Å². The van der Waals surface area contributed by atoms with Gasteiger partial charge in [0.25, 0.3) is 0 Å². The normalized spacial score (nSPS) is 11.6. The Hall–Kier alpha value is -1.82. The van der Waals surface area contributed by atoms with Gasteiger partial charge in [0.2, 0.25) is 5.91 Å². The van der Waals surface area contributed by atoms with Gasteiger partial charge in [-0.15, -0.1) is 0 Å². The molecule has 0 aromatic heterocycles. The standard InChI is InChI=1S/C12H15ClFN3O2/c1-3-15-12(19)17-11(18)7(2)16-8-4-5-10(14)9(13)6-8/h4-7,16H,3H2,1-2H3,(H2,15,17,18,19). The molecule has 1 aromatic carbocycles. The Labute approximate surface area is 115 Å². The van der Waals surface area contributed by atoms with E-state index in [-0.39, 0.29) is 5.02 Å². The molecule has 1 atom stereocenters. The van der Waals surface area contributed by atoms with E-state index in [2.05, 4.69) is 16.0 Å². The maximum absolute atomic E-state index is 13.0. The highest BCUT2D eigenvalue weighted by Crippen LogP contribution is 2.19. The molecular weight excluding hydrogens is 273 g/mol. The highest BCUT2D eigenvalue weighted by molar-refractivity contribution is 6.31. The lowest BCUT2D eigenvalue weighted by Gasteiger charge is -2.15. The summed E-state index contributed by atoms with van der Waals surface area (Å²) in [5.74, 6) is -1.03. The van der Waals surface area contributed by atoms with Crippen molar-refractivity contribution >= 4 is 29.2 Å². The van der Waals surface area contributed by atoms with E-state index in [1.165, 1.54) is 18.2 Å². The zero-order chi connectivity index (χ0) is 14.4. The van der Waals surface area contributed by atoms with Crippen LogP contribution in [0.1, 0.15) is 13.8 Å². The summed E-state index contributed by atoms with van der Waals surface area (Å²) in [6, 6.07) is 2.80. The molecule has 0 fully saturated rings. The Bertz CT molecular complexity index is 482. The fraction of sp³-hybridized carbons (Fsp3) is 0.333. The average molecular weight is 288 g/mol. The number of amides is 3. The first kappa shape index (κ1) is 15.2. The van der Waals surface area contributed by atoms with Gasteiger partial charge in [-0.25, -0.2) is 9.18 Å². The van der Waals surface area contributed by atoms with Crippen LogP contribution in [0.4, 0.5) is 14.9 Å². The van der Waals surface area contributed by atoms with Gasteiger partial charge < -0.3 is 10.6 Å². The molecule has 19 heavy (non-hydrogen) atoms. The van der Waals surface area contributed by atoms with Crippen LogP contribution in [0.5, 0.6) is 0 Å². The molecule has 0 bridgehead atoms. The molecule has 0 radical (unpaired) electrons. The molecule has 3 N–H and O–H groups in total. The molecule has 0 saturated carbocycles. The highest BCUT2D eigenvalue weighted by atomic mass is 35.5. The highest BCUT2D eigenvalue weighted by Gasteiger charge is 2.15. The van der Waals surface area contributed by atoms with Crippen molar-refractivity contribution < 1.29 is 14.0 Å². The molecule has 0 aliphatic carbocycles. The molecule has 0 aliphatic heterocycles. The third-order valence-electron chi connectivity index (χ3n) is 2.27. The summed E-state index contributed by atoms with van der Waals surface area (Å²) in [5, 5.41) is 7.38. The van der Waals surface area contributed by atoms with Crippen molar-refractivity contribution in [1.82, 2.24) is 10.6 Å². The van der Waals surface area contributed by atoms with Crippen molar-refractivity contribution in [3.05, 3.63) is 29.0 Å². The van der Waals surface area contributed by atoms with Gasteiger partial charge in [0.05, 0.1) is 5.02 Å². The number of benzene rings is 1. The molecule has 0 aliphatic rings. The first-order valence-corrected chi connectivity index (χ1v) is 6.12. The van der Waals surface area contributed by atoms with Crippen molar-refractivity contribution in [2.45, 2.75) is 19.9 Å². The van der Waals surface area contributed by atoms with Gasteiger partial charge in [-0.1, -0.05) is 11.6 Å². The van der Waals surface area contributed by atoms with E-state index >= 15 is 0 Å². The van der Waals surface area contributed by atoms with Crippen LogP contribution >= 0.6 is 11.6 Å². The Morgan fingerprint density at radius 3 is 2.68 bits per heavy atom. The largest absolute Gasteiger partial charge is 0.374 e. The lowest BCUT2D eigenvalue weighted by atomic mass is 10.2. The Morgan fingerprint density at radius 1 is 1.42 bits per heavy atom. The quantitative estimate of drug-likeness (QED) is 0.794. The van der Waals surface area contributed by atoms with Crippen LogP contribution in [-0.2, 0) is 4.79 Å². The summed E-state index contributed by atoms with van der Waals surface area (Å²) < 4.78 is 13.0. The van der Waals surface area contributed by atoms with Gasteiger partial charge in [0.15, 0.2) is 0 Å². The maximum Gasteiger partial charge on any atom is 0.321 e. The molecule has 7 heteroatoms. The molecule has 1 aromatic rings. The van der Waals surface area contributed by atoms with Gasteiger partial charge in [0, 0.05) is 12.2 Å². The van der Waals surface area contributed by atoms with Crippen LogP contribution in [0.15, 0.2) is 18.2 Å². The first-order chi connectivity index (χ1) is 8.93. The van der Waals surface area contributed by atoms with Gasteiger partial charge in [-0.2, -0.15) is 0 Å². The smallest absolute Gasteiger partial charge is 0.321 e. The van der Waals surface area contributed by atoms with Gasteiger partial charge >= 0.3 is 6.03 Å². The van der Waals surface area contributed by atoms with Crippen molar-refractivity contribution in [1.29, 1.82) is 0 Å². The number of halogens is 2. The molecule has 104 valence electrons. The zero-order valence-electron chi connectivity index (χ0n) is 10.6. The number of hydrogen-bond acceptors (Lipinski definition) is 3. The molecule has 0 heterocycles. The fourth-order valence-corrected chi connectivity index (χ4v) is 1.51. The molecule has 1 rings (SSSR count). The monoisotopic (exact) mass is 287 g/mol.